The lowest BCUT2D eigenvalue weighted by Gasteiger charge is -2.31. The molecule has 0 N–H and O–H groups in total. The van der Waals surface area contributed by atoms with Crippen LogP contribution in [0.4, 0.5) is 0 Å². The quantitative estimate of drug-likeness (QED) is 0.858. The highest BCUT2D eigenvalue weighted by Gasteiger charge is 2.38. The molecule has 0 bridgehead atoms. The number of rotatable bonds is 3. The standard InChI is InChI=1S/C19H21N3O3/c1-21-13(8-9-20-21)11-14-5-4-10-22(14)19(24)18-12-16(23)15-6-2-3-7-17(15)25-18/h2-3,6-9,14,18H,4-5,10-12H2,1H3/t14-,18?/m0/s1. The van der Waals surface area contributed by atoms with Gasteiger partial charge in [0.15, 0.2) is 11.9 Å². The van der Waals surface area contributed by atoms with Crippen LogP contribution in [-0.2, 0) is 18.3 Å². The van der Waals surface area contributed by atoms with E-state index >= 15 is 0 Å². The van der Waals surface area contributed by atoms with E-state index in [0.29, 0.717) is 11.3 Å². The Hall–Kier alpha value is -2.63. The molecule has 0 spiro atoms. The monoisotopic (exact) mass is 339 g/mol. The van der Waals surface area contributed by atoms with Crippen LogP contribution in [0.2, 0.25) is 0 Å². The molecule has 1 unspecified atom stereocenters. The van der Waals surface area contributed by atoms with E-state index in [4.69, 9.17) is 4.74 Å². The predicted octanol–water partition coefficient (Wildman–Crippen LogP) is 1.99. The van der Waals surface area contributed by atoms with Gasteiger partial charge in [-0.05, 0) is 31.0 Å². The number of carbonyl (C=O) groups is 2. The molecule has 4 rings (SSSR count). The van der Waals surface area contributed by atoms with Gasteiger partial charge in [-0.1, -0.05) is 12.1 Å². The summed E-state index contributed by atoms with van der Waals surface area (Å²) in [5.41, 5.74) is 1.68. The molecule has 2 aliphatic rings. The molecule has 2 aliphatic heterocycles. The fraction of sp³-hybridized carbons (Fsp3) is 0.421. The number of aromatic nitrogens is 2. The number of amides is 1. The number of Topliss-reactive ketones (excluding diaryl/α,β-unsaturated/α-hetero) is 1. The summed E-state index contributed by atoms with van der Waals surface area (Å²) in [5, 5.41) is 4.20. The van der Waals surface area contributed by atoms with Crippen molar-refractivity contribution in [3.8, 4) is 5.75 Å². The van der Waals surface area contributed by atoms with E-state index in [1.165, 1.54) is 0 Å². The summed E-state index contributed by atoms with van der Waals surface area (Å²) in [6.07, 6.45) is 3.90. The zero-order valence-corrected chi connectivity index (χ0v) is 14.2. The predicted molar refractivity (Wildman–Crippen MR) is 91.5 cm³/mol. The summed E-state index contributed by atoms with van der Waals surface area (Å²) in [6, 6.07) is 9.26. The molecule has 1 aromatic heterocycles. The summed E-state index contributed by atoms with van der Waals surface area (Å²) >= 11 is 0. The highest BCUT2D eigenvalue weighted by atomic mass is 16.5. The molecule has 1 fully saturated rings. The largest absolute Gasteiger partial charge is 0.479 e. The molecule has 0 aliphatic carbocycles. The van der Waals surface area contributed by atoms with E-state index < -0.39 is 6.10 Å². The van der Waals surface area contributed by atoms with Crippen LogP contribution in [0.5, 0.6) is 5.75 Å². The average Bonchev–Trinajstić information content (AvgIpc) is 3.24. The highest BCUT2D eigenvalue weighted by molar-refractivity contribution is 6.03. The van der Waals surface area contributed by atoms with E-state index in [1.807, 2.05) is 34.8 Å². The Morgan fingerprint density at radius 2 is 2.16 bits per heavy atom. The van der Waals surface area contributed by atoms with Crippen LogP contribution in [0.1, 0.15) is 35.3 Å². The topological polar surface area (TPSA) is 64.4 Å². The first-order chi connectivity index (χ1) is 12.1. The van der Waals surface area contributed by atoms with Crippen molar-refractivity contribution < 1.29 is 14.3 Å². The number of fused-ring (bicyclic) bond motifs is 1. The van der Waals surface area contributed by atoms with Crippen LogP contribution < -0.4 is 4.74 Å². The van der Waals surface area contributed by atoms with Crippen molar-refractivity contribution in [3.05, 3.63) is 47.8 Å². The highest BCUT2D eigenvalue weighted by Crippen LogP contribution is 2.30. The molecule has 1 saturated heterocycles. The van der Waals surface area contributed by atoms with Gasteiger partial charge in [-0.2, -0.15) is 5.10 Å². The normalized spacial score (nSPS) is 22.6. The Bertz CT molecular complexity index is 814. The molecule has 3 heterocycles. The van der Waals surface area contributed by atoms with Gasteiger partial charge in [-0.15, -0.1) is 0 Å². The van der Waals surface area contributed by atoms with Gasteiger partial charge in [0.05, 0.1) is 12.0 Å². The Morgan fingerprint density at radius 1 is 1.32 bits per heavy atom. The zero-order chi connectivity index (χ0) is 17.4. The number of hydrogen-bond acceptors (Lipinski definition) is 4. The summed E-state index contributed by atoms with van der Waals surface area (Å²) in [4.78, 5) is 27.2. The third kappa shape index (κ3) is 2.92. The maximum atomic E-state index is 13.0. The Labute approximate surface area is 146 Å². The molecule has 1 amide bonds. The van der Waals surface area contributed by atoms with Crippen molar-refractivity contribution in [1.82, 2.24) is 14.7 Å². The number of likely N-dealkylation sites (tertiary alicyclic amines) is 1. The van der Waals surface area contributed by atoms with Crippen LogP contribution in [0.15, 0.2) is 36.5 Å². The molecule has 0 saturated carbocycles. The van der Waals surface area contributed by atoms with Gasteiger partial charge in [-0.25, -0.2) is 0 Å². The second kappa shape index (κ2) is 6.35. The number of ether oxygens (including phenoxy) is 1. The second-order valence-corrected chi connectivity index (χ2v) is 6.71. The van der Waals surface area contributed by atoms with E-state index in [9.17, 15) is 9.59 Å². The molecule has 1 aromatic carbocycles. The molecule has 2 atom stereocenters. The fourth-order valence-electron chi connectivity index (χ4n) is 3.78. The number of hydrogen-bond donors (Lipinski definition) is 0. The Balaban J connectivity index is 1.50. The average molecular weight is 339 g/mol. The SMILES string of the molecule is Cn1nccc1C[C@@H]1CCCN1C(=O)C1CC(=O)c2ccccc2O1. The first kappa shape index (κ1) is 15.9. The van der Waals surface area contributed by atoms with Gasteiger partial charge in [0, 0.05) is 37.9 Å². The number of ketones is 1. The van der Waals surface area contributed by atoms with Crippen molar-refractivity contribution in [1.29, 1.82) is 0 Å². The van der Waals surface area contributed by atoms with Gasteiger partial charge >= 0.3 is 0 Å². The number of nitrogens with zero attached hydrogens (tertiary/aromatic N) is 3. The van der Waals surface area contributed by atoms with Crippen molar-refractivity contribution in [2.75, 3.05) is 6.54 Å². The summed E-state index contributed by atoms with van der Waals surface area (Å²) in [7, 11) is 1.91. The molecule has 6 heteroatoms. The molecule has 130 valence electrons. The van der Waals surface area contributed by atoms with E-state index in [2.05, 4.69) is 5.10 Å². The molecular formula is C19H21N3O3. The minimum absolute atomic E-state index is 0.0254. The van der Waals surface area contributed by atoms with Crippen LogP contribution >= 0.6 is 0 Å². The second-order valence-electron chi connectivity index (χ2n) is 6.71. The van der Waals surface area contributed by atoms with Crippen molar-refractivity contribution in [2.24, 2.45) is 7.05 Å². The minimum Gasteiger partial charge on any atom is -0.479 e. The number of para-hydroxylation sites is 1. The Morgan fingerprint density at radius 3 is 2.96 bits per heavy atom. The number of benzene rings is 1. The van der Waals surface area contributed by atoms with Gasteiger partial charge < -0.3 is 9.64 Å². The van der Waals surface area contributed by atoms with Gasteiger partial charge in [-0.3, -0.25) is 14.3 Å². The van der Waals surface area contributed by atoms with Crippen molar-refractivity contribution in [3.63, 3.8) is 0 Å². The fourth-order valence-corrected chi connectivity index (χ4v) is 3.78. The van der Waals surface area contributed by atoms with Gasteiger partial charge in [0.1, 0.15) is 5.75 Å². The Kier molecular flexibility index (Phi) is 4.03. The van der Waals surface area contributed by atoms with Crippen LogP contribution in [-0.4, -0.2) is 45.1 Å². The maximum Gasteiger partial charge on any atom is 0.264 e. The van der Waals surface area contributed by atoms with Gasteiger partial charge in [0.2, 0.25) is 0 Å². The van der Waals surface area contributed by atoms with Crippen LogP contribution in [0.3, 0.4) is 0 Å². The first-order valence-corrected chi connectivity index (χ1v) is 8.70. The molecular weight excluding hydrogens is 318 g/mol. The summed E-state index contributed by atoms with van der Waals surface area (Å²) in [6.45, 7) is 0.719. The molecule has 6 nitrogen and oxygen atoms in total. The number of carbonyl (C=O) groups excluding carboxylic acids is 2. The summed E-state index contributed by atoms with van der Waals surface area (Å²) < 4.78 is 7.70. The van der Waals surface area contributed by atoms with E-state index in [1.54, 1.807) is 18.3 Å². The summed E-state index contributed by atoms with van der Waals surface area (Å²) in [5.74, 6) is 0.412. The lowest BCUT2D eigenvalue weighted by molar-refractivity contribution is -0.139. The number of aryl methyl sites for hydroxylation is 1. The molecule has 0 radical (unpaired) electrons. The molecule has 2 aromatic rings. The molecule has 25 heavy (non-hydrogen) atoms. The third-order valence-electron chi connectivity index (χ3n) is 5.13. The smallest absolute Gasteiger partial charge is 0.264 e. The first-order valence-electron chi connectivity index (χ1n) is 8.70. The lowest BCUT2D eigenvalue weighted by Crippen LogP contribution is -2.47. The minimum atomic E-state index is -0.713. The lowest BCUT2D eigenvalue weighted by atomic mass is 9.99. The van der Waals surface area contributed by atoms with Gasteiger partial charge in [0.25, 0.3) is 5.91 Å². The third-order valence-corrected chi connectivity index (χ3v) is 5.13. The van der Waals surface area contributed by atoms with E-state index in [0.717, 1.165) is 31.5 Å². The van der Waals surface area contributed by atoms with Crippen LogP contribution in [0.25, 0.3) is 0 Å². The van der Waals surface area contributed by atoms with Crippen LogP contribution in [0, 0.1) is 0 Å². The maximum absolute atomic E-state index is 13.0. The van der Waals surface area contributed by atoms with E-state index in [-0.39, 0.29) is 24.2 Å². The zero-order valence-electron chi connectivity index (χ0n) is 14.2. The van der Waals surface area contributed by atoms with Crippen molar-refractivity contribution in [2.45, 2.75) is 37.8 Å². The van der Waals surface area contributed by atoms with Crippen molar-refractivity contribution >= 4 is 11.7 Å².